The van der Waals surface area contributed by atoms with Gasteiger partial charge in [-0.15, -0.1) is 6.58 Å². The molecule has 0 unspecified atom stereocenters. The van der Waals surface area contributed by atoms with Gasteiger partial charge in [-0.3, -0.25) is 0 Å². The number of nitrogens with one attached hydrogen (secondary N) is 1. The Kier molecular flexibility index (Phi) is 5.44. The average molecular weight is 306 g/mol. The van der Waals surface area contributed by atoms with Crippen LogP contribution in [-0.2, 0) is 0 Å². The van der Waals surface area contributed by atoms with E-state index in [9.17, 15) is 0 Å². The first-order chi connectivity index (χ1) is 10.2. The van der Waals surface area contributed by atoms with Crippen LogP contribution in [0.4, 0.5) is 0 Å². The molecule has 1 saturated heterocycles. The fourth-order valence-electron chi connectivity index (χ4n) is 2.69. The third-order valence-corrected chi connectivity index (χ3v) is 4.09. The van der Waals surface area contributed by atoms with Crippen LogP contribution in [0.15, 0.2) is 30.9 Å². The minimum Gasteiger partial charge on any atom is -0.497 e. The van der Waals surface area contributed by atoms with Crippen molar-refractivity contribution >= 4 is 17.3 Å². The van der Waals surface area contributed by atoms with Crippen molar-refractivity contribution < 1.29 is 9.47 Å². The van der Waals surface area contributed by atoms with Crippen LogP contribution in [0, 0.1) is 0 Å². The van der Waals surface area contributed by atoms with E-state index < -0.39 is 0 Å². The number of benzene rings is 1. The van der Waals surface area contributed by atoms with E-state index in [1.807, 2.05) is 24.3 Å². The largest absolute Gasteiger partial charge is 0.497 e. The summed E-state index contributed by atoms with van der Waals surface area (Å²) in [6.07, 6.45) is 3.98. The molecular formula is C16H22N2O2S. The fourth-order valence-corrected chi connectivity index (χ4v) is 3.00. The zero-order valence-corrected chi connectivity index (χ0v) is 13.4. The SMILES string of the molecule is C=CCNC(=S)N1CCC[C@@H]1c1cc(OC)ccc1OC. The van der Waals surface area contributed by atoms with E-state index in [4.69, 9.17) is 21.7 Å². The van der Waals surface area contributed by atoms with Crippen LogP contribution >= 0.6 is 12.2 Å². The van der Waals surface area contributed by atoms with Gasteiger partial charge in [0.05, 0.1) is 20.3 Å². The van der Waals surface area contributed by atoms with Crippen molar-refractivity contribution in [3.63, 3.8) is 0 Å². The summed E-state index contributed by atoms with van der Waals surface area (Å²) >= 11 is 5.49. The first-order valence-corrected chi connectivity index (χ1v) is 7.49. The van der Waals surface area contributed by atoms with Crippen LogP contribution in [0.5, 0.6) is 11.5 Å². The van der Waals surface area contributed by atoms with Crippen molar-refractivity contribution in [2.75, 3.05) is 27.3 Å². The topological polar surface area (TPSA) is 33.7 Å². The second-order valence-corrected chi connectivity index (χ2v) is 5.32. The Morgan fingerprint density at radius 2 is 2.29 bits per heavy atom. The summed E-state index contributed by atoms with van der Waals surface area (Å²) in [4.78, 5) is 2.22. The average Bonchev–Trinajstić information content (AvgIpc) is 3.01. The summed E-state index contributed by atoms with van der Waals surface area (Å²) < 4.78 is 10.8. The van der Waals surface area contributed by atoms with E-state index in [1.165, 1.54) is 0 Å². The Morgan fingerprint density at radius 3 is 2.95 bits per heavy atom. The predicted octanol–water partition coefficient (Wildman–Crippen LogP) is 2.90. The molecule has 0 saturated carbocycles. The minimum absolute atomic E-state index is 0.222. The summed E-state index contributed by atoms with van der Waals surface area (Å²) in [5.74, 6) is 1.71. The van der Waals surface area contributed by atoms with E-state index in [0.29, 0.717) is 6.54 Å². The molecule has 0 aliphatic carbocycles. The Morgan fingerprint density at radius 1 is 1.48 bits per heavy atom. The third-order valence-electron chi connectivity index (χ3n) is 3.71. The van der Waals surface area contributed by atoms with Gasteiger partial charge in [0.15, 0.2) is 5.11 Å². The van der Waals surface area contributed by atoms with Gasteiger partial charge in [-0.05, 0) is 43.3 Å². The highest BCUT2D eigenvalue weighted by atomic mass is 32.1. The molecule has 2 rings (SSSR count). The van der Waals surface area contributed by atoms with Crippen LogP contribution in [0.25, 0.3) is 0 Å². The second kappa shape index (κ2) is 7.31. The van der Waals surface area contributed by atoms with Crippen molar-refractivity contribution in [1.29, 1.82) is 0 Å². The lowest BCUT2D eigenvalue weighted by atomic mass is 10.0. The number of nitrogens with zero attached hydrogens (tertiary/aromatic N) is 1. The monoisotopic (exact) mass is 306 g/mol. The smallest absolute Gasteiger partial charge is 0.169 e. The number of rotatable bonds is 5. The Labute approximate surface area is 131 Å². The van der Waals surface area contributed by atoms with Crippen molar-refractivity contribution in [1.82, 2.24) is 10.2 Å². The quantitative estimate of drug-likeness (QED) is 0.668. The maximum Gasteiger partial charge on any atom is 0.169 e. The molecule has 1 fully saturated rings. The molecule has 1 atom stereocenters. The van der Waals surface area contributed by atoms with E-state index in [1.54, 1.807) is 14.2 Å². The van der Waals surface area contributed by atoms with Crippen LogP contribution in [-0.4, -0.2) is 37.3 Å². The van der Waals surface area contributed by atoms with E-state index in [0.717, 1.165) is 41.6 Å². The van der Waals surface area contributed by atoms with Gasteiger partial charge in [0.25, 0.3) is 0 Å². The molecule has 1 aliphatic rings. The highest BCUT2D eigenvalue weighted by Crippen LogP contribution is 2.38. The van der Waals surface area contributed by atoms with E-state index >= 15 is 0 Å². The molecule has 1 aliphatic heterocycles. The highest BCUT2D eigenvalue weighted by Gasteiger charge is 2.30. The molecular weight excluding hydrogens is 284 g/mol. The number of ether oxygens (including phenoxy) is 2. The van der Waals surface area contributed by atoms with Gasteiger partial charge < -0.3 is 19.7 Å². The molecule has 5 heteroatoms. The zero-order chi connectivity index (χ0) is 15.2. The van der Waals surface area contributed by atoms with Gasteiger partial charge in [0, 0.05) is 18.7 Å². The predicted molar refractivity (Wildman–Crippen MR) is 89.0 cm³/mol. The molecule has 0 bridgehead atoms. The summed E-state index contributed by atoms with van der Waals surface area (Å²) in [6, 6.07) is 6.12. The van der Waals surface area contributed by atoms with Gasteiger partial charge in [0.2, 0.25) is 0 Å². The van der Waals surface area contributed by atoms with E-state index in [-0.39, 0.29) is 6.04 Å². The summed E-state index contributed by atoms with van der Waals surface area (Å²) in [5.41, 5.74) is 1.12. The minimum atomic E-state index is 0.222. The Balaban J connectivity index is 2.26. The molecule has 1 heterocycles. The zero-order valence-electron chi connectivity index (χ0n) is 12.6. The molecule has 1 aromatic rings. The summed E-state index contributed by atoms with van der Waals surface area (Å²) in [6.45, 7) is 5.34. The third kappa shape index (κ3) is 3.47. The van der Waals surface area contributed by atoms with E-state index in [2.05, 4.69) is 16.8 Å². The van der Waals surface area contributed by atoms with Gasteiger partial charge in [-0.25, -0.2) is 0 Å². The van der Waals surface area contributed by atoms with Crippen molar-refractivity contribution in [3.8, 4) is 11.5 Å². The standard InChI is InChI=1S/C16H22N2O2S/c1-4-9-17-16(21)18-10-5-6-14(18)13-11-12(19-2)7-8-15(13)20-3/h4,7-8,11,14H,1,5-6,9-10H2,2-3H3,(H,17,21)/t14-/m1/s1. The van der Waals surface area contributed by atoms with Gasteiger partial charge in [-0.2, -0.15) is 0 Å². The second-order valence-electron chi connectivity index (χ2n) is 4.93. The number of likely N-dealkylation sites (tertiary alicyclic amines) is 1. The van der Waals surface area contributed by atoms with Gasteiger partial charge in [-0.1, -0.05) is 6.08 Å². The fraction of sp³-hybridized carbons (Fsp3) is 0.438. The number of methoxy groups -OCH3 is 2. The van der Waals surface area contributed by atoms with Crippen LogP contribution in [0.2, 0.25) is 0 Å². The number of hydrogen-bond donors (Lipinski definition) is 1. The van der Waals surface area contributed by atoms with Crippen molar-refractivity contribution in [2.45, 2.75) is 18.9 Å². The molecule has 114 valence electrons. The molecule has 0 amide bonds. The van der Waals surface area contributed by atoms with Gasteiger partial charge in [0.1, 0.15) is 11.5 Å². The van der Waals surface area contributed by atoms with Crippen LogP contribution < -0.4 is 14.8 Å². The molecule has 21 heavy (non-hydrogen) atoms. The molecule has 1 aromatic carbocycles. The van der Waals surface area contributed by atoms with Crippen LogP contribution in [0.3, 0.4) is 0 Å². The summed E-state index contributed by atoms with van der Waals surface area (Å²) in [5, 5.41) is 3.97. The highest BCUT2D eigenvalue weighted by molar-refractivity contribution is 7.80. The molecule has 0 aromatic heterocycles. The normalized spacial score (nSPS) is 17.4. The Hall–Kier alpha value is -1.75. The maximum absolute atomic E-state index is 5.50. The number of thiocarbonyl (C=S) groups is 1. The lowest BCUT2D eigenvalue weighted by Gasteiger charge is -2.29. The molecule has 4 nitrogen and oxygen atoms in total. The molecule has 0 radical (unpaired) electrons. The van der Waals surface area contributed by atoms with Crippen molar-refractivity contribution in [2.24, 2.45) is 0 Å². The summed E-state index contributed by atoms with van der Waals surface area (Å²) in [7, 11) is 3.37. The van der Waals surface area contributed by atoms with Crippen molar-refractivity contribution in [3.05, 3.63) is 36.4 Å². The van der Waals surface area contributed by atoms with Crippen LogP contribution in [0.1, 0.15) is 24.4 Å². The maximum atomic E-state index is 5.50. The molecule has 1 N–H and O–H groups in total. The number of hydrogen-bond acceptors (Lipinski definition) is 3. The lowest BCUT2D eigenvalue weighted by Crippen LogP contribution is -2.39. The molecule has 0 spiro atoms. The first kappa shape index (κ1) is 15.6. The lowest BCUT2D eigenvalue weighted by molar-refractivity contribution is 0.358. The first-order valence-electron chi connectivity index (χ1n) is 7.08. The van der Waals surface area contributed by atoms with Gasteiger partial charge >= 0.3 is 0 Å². The Bertz CT molecular complexity index is 519.